The maximum atomic E-state index is 12.5. The zero-order valence-electron chi connectivity index (χ0n) is 12.0. The minimum Gasteiger partial charge on any atom is -0.338 e. The Labute approximate surface area is 142 Å². The van der Waals surface area contributed by atoms with Crippen molar-refractivity contribution in [3.05, 3.63) is 33.8 Å². The number of carbonyl (C=O) groups excluding carboxylic acids is 1. The first-order valence-corrected chi connectivity index (χ1v) is 7.74. The van der Waals surface area contributed by atoms with Gasteiger partial charge < -0.3 is 10.6 Å². The third-order valence-corrected chi connectivity index (χ3v) is 4.57. The van der Waals surface area contributed by atoms with E-state index in [1.165, 1.54) is 0 Å². The number of rotatable bonds is 3. The van der Waals surface area contributed by atoms with Crippen LogP contribution >= 0.6 is 35.6 Å². The molecule has 0 radical (unpaired) electrons. The van der Waals surface area contributed by atoms with Gasteiger partial charge in [-0.15, -0.1) is 12.4 Å². The lowest BCUT2D eigenvalue weighted by Crippen LogP contribution is -2.52. The van der Waals surface area contributed by atoms with E-state index in [9.17, 15) is 4.79 Å². The van der Waals surface area contributed by atoms with E-state index in [0.717, 1.165) is 25.8 Å². The first kappa shape index (κ1) is 18.6. The third-order valence-electron chi connectivity index (χ3n) is 3.87. The summed E-state index contributed by atoms with van der Waals surface area (Å²) in [5, 5.41) is 1.08. The van der Waals surface area contributed by atoms with Gasteiger partial charge in [-0.05, 0) is 43.9 Å². The molecule has 3 nitrogen and oxygen atoms in total. The van der Waals surface area contributed by atoms with E-state index >= 15 is 0 Å². The molecule has 0 spiro atoms. The van der Waals surface area contributed by atoms with Crippen LogP contribution in [0, 0.1) is 0 Å². The minimum atomic E-state index is -0.0130. The molecule has 0 aliphatic carbocycles. The summed E-state index contributed by atoms with van der Waals surface area (Å²) < 4.78 is 0. The molecule has 21 heavy (non-hydrogen) atoms. The fraction of sp³-hybridized carbons (Fsp3) is 0.533. The number of likely N-dealkylation sites (tertiary alicyclic amines) is 1. The Morgan fingerprint density at radius 1 is 1.38 bits per heavy atom. The molecule has 0 bridgehead atoms. The second-order valence-electron chi connectivity index (χ2n) is 5.39. The van der Waals surface area contributed by atoms with E-state index < -0.39 is 0 Å². The van der Waals surface area contributed by atoms with Gasteiger partial charge in [0.15, 0.2) is 0 Å². The fourth-order valence-electron chi connectivity index (χ4n) is 2.77. The van der Waals surface area contributed by atoms with Crippen molar-refractivity contribution in [3.63, 3.8) is 0 Å². The van der Waals surface area contributed by atoms with Crippen LogP contribution in [0.25, 0.3) is 0 Å². The molecule has 2 rings (SSSR count). The Bertz CT molecular complexity index is 474. The van der Waals surface area contributed by atoms with Gasteiger partial charge in [0.1, 0.15) is 0 Å². The first-order valence-electron chi connectivity index (χ1n) is 6.98. The molecule has 1 aromatic carbocycles. The zero-order chi connectivity index (χ0) is 14.7. The van der Waals surface area contributed by atoms with Crippen LogP contribution in [0.4, 0.5) is 0 Å². The fourth-order valence-corrected chi connectivity index (χ4v) is 3.30. The monoisotopic (exact) mass is 350 g/mol. The number of benzene rings is 1. The van der Waals surface area contributed by atoms with Crippen molar-refractivity contribution in [1.29, 1.82) is 0 Å². The summed E-state index contributed by atoms with van der Waals surface area (Å²) in [6, 6.07) is 5.41. The van der Waals surface area contributed by atoms with Gasteiger partial charge in [-0.2, -0.15) is 0 Å². The van der Waals surface area contributed by atoms with Crippen molar-refractivity contribution in [3.8, 4) is 0 Å². The van der Waals surface area contributed by atoms with E-state index in [1.807, 2.05) is 11.8 Å². The molecule has 1 saturated heterocycles. The summed E-state index contributed by atoms with van der Waals surface area (Å²) >= 11 is 12.3. The maximum Gasteiger partial charge on any atom is 0.227 e. The first-order chi connectivity index (χ1) is 9.50. The Hall–Kier alpha value is -0.480. The largest absolute Gasteiger partial charge is 0.338 e. The molecule has 1 amide bonds. The third kappa shape index (κ3) is 4.49. The van der Waals surface area contributed by atoms with Crippen molar-refractivity contribution in [1.82, 2.24) is 4.90 Å². The summed E-state index contributed by atoms with van der Waals surface area (Å²) in [5.74, 6) is 0.0574. The molecule has 2 N–H and O–H groups in total. The van der Waals surface area contributed by atoms with Gasteiger partial charge in [0, 0.05) is 28.7 Å². The van der Waals surface area contributed by atoms with Gasteiger partial charge in [0.2, 0.25) is 5.91 Å². The maximum absolute atomic E-state index is 12.5. The molecule has 1 aliphatic heterocycles. The van der Waals surface area contributed by atoms with Crippen molar-refractivity contribution < 1.29 is 4.79 Å². The predicted octanol–water partition coefficient (Wildman–Crippen LogP) is 3.69. The van der Waals surface area contributed by atoms with Gasteiger partial charge in [0.25, 0.3) is 0 Å². The number of hydrogen-bond acceptors (Lipinski definition) is 2. The van der Waals surface area contributed by atoms with Crippen LogP contribution in [0.1, 0.15) is 31.7 Å². The number of amides is 1. The Kier molecular flexibility index (Phi) is 7.28. The van der Waals surface area contributed by atoms with Crippen LogP contribution in [0.3, 0.4) is 0 Å². The minimum absolute atomic E-state index is 0. The molecule has 1 fully saturated rings. The predicted molar refractivity (Wildman–Crippen MR) is 90.4 cm³/mol. The molecule has 0 saturated carbocycles. The van der Waals surface area contributed by atoms with Crippen LogP contribution < -0.4 is 5.73 Å². The molecule has 2 unspecified atom stereocenters. The van der Waals surface area contributed by atoms with Crippen LogP contribution in [-0.4, -0.2) is 29.4 Å². The molecule has 2 atom stereocenters. The highest BCUT2D eigenvalue weighted by Crippen LogP contribution is 2.27. The normalized spacial score (nSPS) is 19.8. The molecule has 1 aromatic rings. The van der Waals surface area contributed by atoms with Crippen LogP contribution in [-0.2, 0) is 11.2 Å². The van der Waals surface area contributed by atoms with Gasteiger partial charge in [-0.1, -0.05) is 29.3 Å². The van der Waals surface area contributed by atoms with Gasteiger partial charge in [-0.3, -0.25) is 4.79 Å². The van der Waals surface area contributed by atoms with Crippen molar-refractivity contribution >= 4 is 41.5 Å². The summed E-state index contributed by atoms with van der Waals surface area (Å²) in [4.78, 5) is 14.4. The number of piperidine rings is 1. The summed E-state index contributed by atoms with van der Waals surface area (Å²) in [6.07, 6.45) is 3.37. The van der Waals surface area contributed by atoms with E-state index in [-0.39, 0.29) is 36.8 Å². The standard InChI is InChI=1S/C15H20Cl2N2O.ClH/c1-10(18)14-7-2-3-8-19(14)15(20)9-11-12(16)5-4-6-13(11)17;/h4-6,10,14H,2-3,7-9,18H2,1H3;1H. The summed E-state index contributed by atoms with van der Waals surface area (Å²) in [5.41, 5.74) is 6.71. The second kappa shape index (κ2) is 8.23. The molecule has 118 valence electrons. The lowest BCUT2D eigenvalue weighted by molar-refractivity contribution is -0.134. The van der Waals surface area contributed by atoms with E-state index in [1.54, 1.807) is 18.2 Å². The molecular weight excluding hydrogens is 331 g/mol. The zero-order valence-corrected chi connectivity index (χ0v) is 14.3. The van der Waals surface area contributed by atoms with Crippen molar-refractivity contribution in [2.24, 2.45) is 5.73 Å². The van der Waals surface area contributed by atoms with Crippen molar-refractivity contribution in [2.45, 2.75) is 44.7 Å². The van der Waals surface area contributed by atoms with Crippen LogP contribution in [0.2, 0.25) is 10.0 Å². The summed E-state index contributed by atoms with van der Waals surface area (Å²) in [6.45, 7) is 2.73. The summed E-state index contributed by atoms with van der Waals surface area (Å²) in [7, 11) is 0. The molecule has 1 heterocycles. The Morgan fingerprint density at radius 2 is 2.00 bits per heavy atom. The highest BCUT2D eigenvalue weighted by Gasteiger charge is 2.29. The molecule has 6 heteroatoms. The SMILES string of the molecule is CC(N)C1CCCCN1C(=O)Cc1c(Cl)cccc1Cl.Cl. The van der Waals surface area contributed by atoms with Gasteiger partial charge in [-0.25, -0.2) is 0 Å². The van der Waals surface area contributed by atoms with E-state index in [4.69, 9.17) is 28.9 Å². The van der Waals surface area contributed by atoms with Crippen LogP contribution in [0.15, 0.2) is 18.2 Å². The van der Waals surface area contributed by atoms with Gasteiger partial charge >= 0.3 is 0 Å². The molecule has 0 aromatic heterocycles. The smallest absolute Gasteiger partial charge is 0.227 e. The lowest BCUT2D eigenvalue weighted by Gasteiger charge is -2.38. The van der Waals surface area contributed by atoms with Gasteiger partial charge in [0.05, 0.1) is 6.42 Å². The highest BCUT2D eigenvalue weighted by atomic mass is 35.5. The van der Waals surface area contributed by atoms with Crippen LogP contribution in [0.5, 0.6) is 0 Å². The quantitative estimate of drug-likeness (QED) is 0.903. The Morgan fingerprint density at radius 3 is 2.57 bits per heavy atom. The average Bonchev–Trinajstić information content (AvgIpc) is 2.43. The topological polar surface area (TPSA) is 46.3 Å². The number of nitrogens with zero attached hydrogens (tertiary/aromatic N) is 1. The highest BCUT2D eigenvalue weighted by molar-refractivity contribution is 6.36. The number of carbonyl (C=O) groups is 1. The van der Waals surface area contributed by atoms with E-state index in [2.05, 4.69) is 0 Å². The number of hydrogen-bond donors (Lipinski definition) is 1. The van der Waals surface area contributed by atoms with Crippen molar-refractivity contribution in [2.75, 3.05) is 6.54 Å². The van der Waals surface area contributed by atoms with E-state index in [0.29, 0.717) is 15.6 Å². The Balaban J connectivity index is 0.00000220. The number of nitrogens with two attached hydrogens (primary N) is 1. The molecule has 1 aliphatic rings. The lowest BCUT2D eigenvalue weighted by atomic mass is 9.96. The molecular formula is C15H21Cl3N2O. The number of halogens is 3. The average molecular weight is 352 g/mol. The second-order valence-corrected chi connectivity index (χ2v) is 6.20.